The molecule has 0 saturated carbocycles. The highest BCUT2D eigenvalue weighted by Gasteiger charge is 2.38. The van der Waals surface area contributed by atoms with Crippen LogP contribution in [0.2, 0.25) is 0 Å². The fourth-order valence-corrected chi connectivity index (χ4v) is 6.27. The number of fused-ring (bicyclic) bond motifs is 1. The Morgan fingerprint density at radius 1 is 1.32 bits per heavy atom. The number of halogens is 4. The van der Waals surface area contributed by atoms with Gasteiger partial charge >= 0.3 is 6.18 Å². The van der Waals surface area contributed by atoms with E-state index >= 15 is 4.39 Å². The molecular formula is C31H32F4N4OS. The first-order valence-electron chi connectivity index (χ1n) is 13.4. The van der Waals surface area contributed by atoms with E-state index in [0.717, 1.165) is 35.6 Å². The number of thiophene rings is 1. The molecule has 2 aromatic rings. The number of rotatable bonds is 6. The zero-order valence-electron chi connectivity index (χ0n) is 22.9. The summed E-state index contributed by atoms with van der Waals surface area (Å²) in [5, 5.41) is 3.41. The number of alkyl halides is 3. The van der Waals surface area contributed by atoms with Gasteiger partial charge in [-0.25, -0.2) is 4.39 Å². The number of nitrogens with two attached hydrogens (primary N) is 1. The van der Waals surface area contributed by atoms with E-state index in [9.17, 15) is 18.0 Å². The minimum Gasteiger partial charge on any atom is -0.394 e. The van der Waals surface area contributed by atoms with Crippen LogP contribution in [0.25, 0.3) is 5.57 Å². The van der Waals surface area contributed by atoms with Crippen molar-refractivity contribution in [2.75, 3.05) is 13.1 Å². The molecular weight excluding hydrogens is 552 g/mol. The van der Waals surface area contributed by atoms with Gasteiger partial charge in [0.25, 0.3) is 0 Å². The molecule has 4 rings (SSSR count). The van der Waals surface area contributed by atoms with Crippen molar-refractivity contribution in [3.05, 3.63) is 87.0 Å². The van der Waals surface area contributed by atoms with Crippen molar-refractivity contribution < 1.29 is 22.4 Å². The zero-order chi connectivity index (χ0) is 29.7. The fraction of sp³-hybridized carbons (Fsp3) is 0.355. The lowest BCUT2D eigenvalue weighted by molar-refractivity contribution is -0.127. The molecule has 3 N–H and O–H groups in total. The van der Waals surface area contributed by atoms with Gasteiger partial charge in [0.2, 0.25) is 5.91 Å². The SMILES string of the molecule is C=CC#Cc1cc2c(s1)CN(C(=O)/C=C/C1CC[C@@H](C)N1)C[C@H]2c1cccc(F)c1C(C=NCC)=C(N)C(F)(F)F. The van der Waals surface area contributed by atoms with E-state index in [0.29, 0.717) is 17.5 Å². The van der Waals surface area contributed by atoms with Crippen LogP contribution in [0.15, 0.2) is 59.8 Å². The van der Waals surface area contributed by atoms with Crippen LogP contribution in [0.4, 0.5) is 17.6 Å². The first kappa shape index (κ1) is 30.3. The first-order valence-corrected chi connectivity index (χ1v) is 14.2. The lowest BCUT2D eigenvalue weighted by Crippen LogP contribution is -2.37. The summed E-state index contributed by atoms with van der Waals surface area (Å²) in [7, 11) is 0. The van der Waals surface area contributed by atoms with Gasteiger partial charge in [-0.2, -0.15) is 13.2 Å². The molecule has 216 valence electrons. The molecule has 0 radical (unpaired) electrons. The van der Waals surface area contributed by atoms with Crippen molar-refractivity contribution in [1.29, 1.82) is 0 Å². The van der Waals surface area contributed by atoms with E-state index in [1.807, 2.05) is 12.1 Å². The van der Waals surface area contributed by atoms with Crippen molar-refractivity contribution in [2.24, 2.45) is 10.7 Å². The Bertz CT molecular complexity index is 1460. The standard InChI is InChI=1S/C31H32F4N4OS/c1-4-6-8-21-15-23-25(17-39(18-27(23)41-21)28(40)14-13-20-12-11-19(3)38-20)22-9-7-10-26(32)29(22)24(16-37-5-2)30(36)31(33,34)35/h4,7,9-10,13-16,19-20,25,38H,1,5,11-12,17-18,36H2,2-3H3/b14-13+,30-24?,37-16?/t19-,20?,25+/m1/s1. The van der Waals surface area contributed by atoms with Crippen LogP contribution in [-0.2, 0) is 11.3 Å². The Balaban J connectivity index is 1.83. The lowest BCUT2D eigenvalue weighted by Gasteiger charge is -2.34. The average Bonchev–Trinajstić information content (AvgIpc) is 3.55. The van der Waals surface area contributed by atoms with Crippen LogP contribution in [0, 0.1) is 17.7 Å². The smallest absolute Gasteiger partial charge is 0.394 e. The summed E-state index contributed by atoms with van der Waals surface area (Å²) in [5.74, 6) is 4.09. The molecule has 2 aliphatic heterocycles. The topological polar surface area (TPSA) is 70.7 Å². The van der Waals surface area contributed by atoms with E-state index in [-0.39, 0.29) is 36.2 Å². The van der Waals surface area contributed by atoms with Crippen molar-refractivity contribution >= 4 is 29.0 Å². The third-order valence-corrected chi connectivity index (χ3v) is 8.18. The Labute approximate surface area is 241 Å². The van der Waals surface area contributed by atoms with Crippen LogP contribution in [0.3, 0.4) is 0 Å². The number of hydrogen-bond acceptors (Lipinski definition) is 5. The summed E-state index contributed by atoms with van der Waals surface area (Å²) in [5.41, 5.74) is 4.37. The number of allylic oxidation sites excluding steroid dienone is 3. The Hall–Kier alpha value is -3.68. The van der Waals surface area contributed by atoms with Gasteiger partial charge in [-0.3, -0.25) is 9.79 Å². The van der Waals surface area contributed by atoms with E-state index in [4.69, 9.17) is 5.73 Å². The van der Waals surface area contributed by atoms with Gasteiger partial charge in [0.15, 0.2) is 0 Å². The molecule has 1 fully saturated rings. The highest BCUT2D eigenvalue weighted by Crippen LogP contribution is 2.42. The zero-order valence-corrected chi connectivity index (χ0v) is 23.7. The predicted octanol–water partition coefficient (Wildman–Crippen LogP) is 5.92. The molecule has 1 aromatic heterocycles. The van der Waals surface area contributed by atoms with Crippen LogP contribution in [-0.4, -0.2) is 48.4 Å². The molecule has 2 aliphatic rings. The Kier molecular flexibility index (Phi) is 9.51. The number of benzene rings is 1. The lowest BCUT2D eigenvalue weighted by atomic mass is 9.83. The second-order valence-electron chi connectivity index (χ2n) is 10.0. The van der Waals surface area contributed by atoms with Gasteiger partial charge in [-0.15, -0.1) is 11.3 Å². The number of nitrogens with one attached hydrogen (secondary N) is 1. The number of hydrogen-bond donors (Lipinski definition) is 2. The van der Waals surface area contributed by atoms with Gasteiger partial charge in [0, 0.05) is 59.4 Å². The molecule has 1 aromatic carbocycles. The van der Waals surface area contributed by atoms with Crippen LogP contribution >= 0.6 is 11.3 Å². The third-order valence-electron chi connectivity index (χ3n) is 7.13. The molecule has 0 bridgehead atoms. The van der Waals surface area contributed by atoms with Gasteiger partial charge < -0.3 is 16.0 Å². The predicted molar refractivity (Wildman–Crippen MR) is 156 cm³/mol. The van der Waals surface area contributed by atoms with E-state index in [1.54, 1.807) is 17.9 Å². The molecule has 1 unspecified atom stereocenters. The maximum Gasteiger partial charge on any atom is 0.431 e. The number of amides is 1. The van der Waals surface area contributed by atoms with Gasteiger partial charge in [0.05, 0.1) is 11.4 Å². The van der Waals surface area contributed by atoms with Crippen molar-refractivity contribution in [3.63, 3.8) is 0 Å². The maximum absolute atomic E-state index is 15.5. The van der Waals surface area contributed by atoms with E-state index < -0.39 is 29.2 Å². The van der Waals surface area contributed by atoms with Crippen molar-refractivity contribution in [3.8, 4) is 11.8 Å². The molecule has 10 heteroatoms. The molecule has 3 heterocycles. The summed E-state index contributed by atoms with van der Waals surface area (Å²) in [6.45, 7) is 7.99. The van der Waals surface area contributed by atoms with Crippen molar-refractivity contribution in [1.82, 2.24) is 10.2 Å². The highest BCUT2D eigenvalue weighted by molar-refractivity contribution is 7.12. The van der Waals surface area contributed by atoms with Crippen molar-refractivity contribution in [2.45, 2.75) is 57.4 Å². The molecule has 1 amide bonds. The number of carbonyl (C=O) groups excluding carboxylic acids is 1. The fourth-order valence-electron chi connectivity index (χ4n) is 5.17. The second kappa shape index (κ2) is 12.9. The molecule has 0 spiro atoms. The van der Waals surface area contributed by atoms with Gasteiger partial charge in [-0.05, 0) is 56.0 Å². The Morgan fingerprint density at radius 2 is 2.10 bits per heavy atom. The summed E-state index contributed by atoms with van der Waals surface area (Å²) in [4.78, 5) is 20.5. The monoisotopic (exact) mass is 584 g/mol. The van der Waals surface area contributed by atoms with Crippen LogP contribution < -0.4 is 11.1 Å². The second-order valence-corrected chi connectivity index (χ2v) is 11.1. The third kappa shape index (κ3) is 6.97. The summed E-state index contributed by atoms with van der Waals surface area (Å²) in [6.07, 6.45) is 2.87. The van der Waals surface area contributed by atoms with E-state index in [2.05, 4.69) is 35.7 Å². The van der Waals surface area contributed by atoms with Gasteiger partial charge in [0.1, 0.15) is 11.5 Å². The van der Waals surface area contributed by atoms with Crippen LogP contribution in [0.5, 0.6) is 0 Å². The number of carbonyl (C=O) groups is 1. The van der Waals surface area contributed by atoms with E-state index in [1.165, 1.54) is 29.6 Å². The Morgan fingerprint density at radius 3 is 2.76 bits per heavy atom. The molecule has 3 atom stereocenters. The number of nitrogens with zero attached hydrogens (tertiary/aromatic N) is 2. The molecule has 0 aliphatic carbocycles. The highest BCUT2D eigenvalue weighted by atomic mass is 32.1. The largest absolute Gasteiger partial charge is 0.431 e. The average molecular weight is 585 g/mol. The molecule has 41 heavy (non-hydrogen) atoms. The quantitative estimate of drug-likeness (QED) is 0.192. The first-order chi connectivity index (χ1) is 19.5. The summed E-state index contributed by atoms with van der Waals surface area (Å²) >= 11 is 1.39. The summed E-state index contributed by atoms with van der Waals surface area (Å²) in [6, 6.07) is 6.45. The molecule has 5 nitrogen and oxygen atoms in total. The van der Waals surface area contributed by atoms with Crippen LogP contribution in [0.1, 0.15) is 59.1 Å². The number of aliphatic imine (C=N–C) groups is 1. The minimum absolute atomic E-state index is 0.0957. The normalized spacial score (nSPS) is 21.5. The van der Waals surface area contributed by atoms with Gasteiger partial charge in [-0.1, -0.05) is 36.6 Å². The minimum atomic E-state index is -4.90. The maximum atomic E-state index is 15.5. The molecule has 1 saturated heterocycles. The summed E-state index contributed by atoms with van der Waals surface area (Å²) < 4.78 is 57.0.